The summed E-state index contributed by atoms with van der Waals surface area (Å²) in [6, 6.07) is 0. The molecule has 0 aliphatic heterocycles. The smallest absolute Gasteiger partial charge is 0.407 e. The van der Waals surface area contributed by atoms with Gasteiger partial charge < -0.3 is 15.8 Å². The van der Waals surface area contributed by atoms with Gasteiger partial charge in [-0.1, -0.05) is 0 Å². The van der Waals surface area contributed by atoms with E-state index in [0.717, 1.165) is 6.92 Å². The van der Waals surface area contributed by atoms with Crippen LogP contribution in [0.25, 0.3) is 0 Å². The first kappa shape index (κ1) is 20.5. The molecule has 0 heterocycles. The first-order valence-corrected chi connectivity index (χ1v) is 7.82. The number of thioether (sulfide) groups is 1. The van der Waals surface area contributed by atoms with Crippen molar-refractivity contribution >= 4 is 29.8 Å². The monoisotopic (exact) mass is 336 g/mol. The van der Waals surface area contributed by atoms with Crippen molar-refractivity contribution in [1.29, 1.82) is 0 Å². The van der Waals surface area contributed by atoms with Gasteiger partial charge >= 0.3 is 18.0 Å². The molecule has 1 atom stereocenters. The second-order valence-electron chi connectivity index (χ2n) is 5.84. The standard InChI is InChI=1S/C13H24N2O6S/c1-9(16)20-21-10(17)13(5,14)8-22-7-6-15-11(18)19-12(2,3)4/h6-8,14H2,1-5H3,(H,15,18)/t13-/m0/s1. The fourth-order valence-corrected chi connectivity index (χ4v) is 2.01. The van der Waals surface area contributed by atoms with Crippen LogP contribution >= 0.6 is 11.8 Å². The summed E-state index contributed by atoms with van der Waals surface area (Å²) in [6.45, 7) is 8.27. The number of rotatable bonds is 6. The van der Waals surface area contributed by atoms with E-state index in [1.807, 2.05) is 0 Å². The number of hydrogen-bond donors (Lipinski definition) is 2. The van der Waals surface area contributed by atoms with Crippen molar-refractivity contribution in [1.82, 2.24) is 5.32 Å². The van der Waals surface area contributed by atoms with Crippen molar-refractivity contribution < 1.29 is 28.9 Å². The first-order chi connectivity index (χ1) is 9.94. The lowest BCUT2D eigenvalue weighted by atomic mass is 10.1. The molecule has 0 spiro atoms. The van der Waals surface area contributed by atoms with Gasteiger partial charge in [-0.15, -0.1) is 0 Å². The SMILES string of the molecule is CC(=O)OOC(=O)[C@@](C)(N)CSCCNC(=O)OC(C)(C)C. The zero-order chi connectivity index (χ0) is 17.4. The van der Waals surface area contributed by atoms with E-state index >= 15 is 0 Å². The average Bonchev–Trinajstić information content (AvgIpc) is 2.32. The minimum atomic E-state index is -1.30. The third kappa shape index (κ3) is 10.3. The van der Waals surface area contributed by atoms with Gasteiger partial charge in [-0.3, -0.25) is 0 Å². The van der Waals surface area contributed by atoms with Crippen LogP contribution in [0.5, 0.6) is 0 Å². The van der Waals surface area contributed by atoms with E-state index in [2.05, 4.69) is 15.1 Å². The van der Waals surface area contributed by atoms with E-state index in [4.69, 9.17) is 10.5 Å². The normalized spacial score (nSPS) is 13.7. The quantitative estimate of drug-likeness (QED) is 0.419. The summed E-state index contributed by atoms with van der Waals surface area (Å²) >= 11 is 1.35. The molecule has 0 saturated carbocycles. The Labute approximate surface area is 134 Å². The predicted molar refractivity (Wildman–Crippen MR) is 82.0 cm³/mol. The van der Waals surface area contributed by atoms with E-state index in [1.54, 1.807) is 20.8 Å². The maximum Gasteiger partial charge on any atom is 0.407 e. The molecule has 0 bridgehead atoms. The lowest BCUT2D eigenvalue weighted by molar-refractivity contribution is -0.260. The van der Waals surface area contributed by atoms with E-state index in [-0.39, 0.29) is 5.75 Å². The number of nitrogens with two attached hydrogens (primary N) is 1. The molecule has 22 heavy (non-hydrogen) atoms. The van der Waals surface area contributed by atoms with Gasteiger partial charge in [-0.25, -0.2) is 24.2 Å². The van der Waals surface area contributed by atoms with Crippen LogP contribution in [-0.4, -0.2) is 47.2 Å². The maximum absolute atomic E-state index is 11.6. The molecule has 9 heteroatoms. The molecule has 0 aliphatic rings. The Kier molecular flexibility index (Phi) is 8.25. The number of ether oxygens (including phenoxy) is 1. The zero-order valence-corrected chi connectivity index (χ0v) is 14.4. The van der Waals surface area contributed by atoms with Crippen LogP contribution in [0, 0.1) is 0 Å². The largest absolute Gasteiger partial charge is 0.444 e. The predicted octanol–water partition coefficient (Wildman–Crippen LogP) is 0.983. The summed E-state index contributed by atoms with van der Waals surface area (Å²) in [4.78, 5) is 41.9. The highest BCUT2D eigenvalue weighted by molar-refractivity contribution is 7.99. The molecule has 0 unspecified atom stereocenters. The number of amides is 1. The Morgan fingerprint density at radius 1 is 1.14 bits per heavy atom. The molecule has 8 nitrogen and oxygen atoms in total. The van der Waals surface area contributed by atoms with Crippen LogP contribution in [-0.2, 0) is 24.1 Å². The molecule has 3 N–H and O–H groups in total. The van der Waals surface area contributed by atoms with Crippen molar-refractivity contribution in [2.24, 2.45) is 5.73 Å². The van der Waals surface area contributed by atoms with Crippen molar-refractivity contribution in [2.45, 2.75) is 45.8 Å². The van der Waals surface area contributed by atoms with Gasteiger partial charge in [0.25, 0.3) is 0 Å². The average molecular weight is 336 g/mol. The topological polar surface area (TPSA) is 117 Å². The van der Waals surface area contributed by atoms with E-state index in [1.165, 1.54) is 18.7 Å². The minimum Gasteiger partial charge on any atom is -0.444 e. The third-order valence-corrected chi connectivity index (χ3v) is 3.31. The molecule has 0 aromatic heterocycles. The number of nitrogens with one attached hydrogen (secondary N) is 1. The van der Waals surface area contributed by atoms with Crippen LogP contribution in [0.2, 0.25) is 0 Å². The minimum absolute atomic E-state index is 0.239. The van der Waals surface area contributed by atoms with Crippen LogP contribution in [0.15, 0.2) is 0 Å². The van der Waals surface area contributed by atoms with Gasteiger partial charge in [0.1, 0.15) is 11.1 Å². The first-order valence-electron chi connectivity index (χ1n) is 6.67. The van der Waals surface area contributed by atoms with E-state index < -0.39 is 29.2 Å². The number of carbonyl (C=O) groups is 3. The Balaban J connectivity index is 3.92. The summed E-state index contributed by atoms with van der Waals surface area (Å²) in [5, 5.41) is 2.59. The molecule has 128 valence electrons. The molecule has 0 fully saturated rings. The molecule has 0 saturated heterocycles. The fraction of sp³-hybridized carbons (Fsp3) is 0.769. The Morgan fingerprint density at radius 3 is 2.23 bits per heavy atom. The van der Waals surface area contributed by atoms with Gasteiger partial charge in [-0.05, 0) is 27.7 Å². The summed E-state index contributed by atoms with van der Waals surface area (Å²) in [6.07, 6.45) is -0.502. The van der Waals surface area contributed by atoms with Crippen molar-refractivity contribution in [2.75, 3.05) is 18.1 Å². The Hall–Kier alpha value is -1.48. The van der Waals surface area contributed by atoms with Gasteiger partial charge in [0.05, 0.1) is 0 Å². The fourth-order valence-electron chi connectivity index (χ4n) is 1.07. The molecular weight excluding hydrogens is 312 g/mol. The highest BCUT2D eigenvalue weighted by atomic mass is 32.2. The zero-order valence-electron chi connectivity index (χ0n) is 13.6. The van der Waals surface area contributed by atoms with Gasteiger partial charge in [0.15, 0.2) is 0 Å². The lowest BCUT2D eigenvalue weighted by Gasteiger charge is -2.21. The number of hydrogen-bond acceptors (Lipinski definition) is 8. The highest BCUT2D eigenvalue weighted by Gasteiger charge is 2.32. The van der Waals surface area contributed by atoms with Crippen molar-refractivity contribution in [3.63, 3.8) is 0 Å². The van der Waals surface area contributed by atoms with Crippen LogP contribution < -0.4 is 11.1 Å². The second kappa shape index (κ2) is 8.84. The van der Waals surface area contributed by atoms with Crippen molar-refractivity contribution in [3.05, 3.63) is 0 Å². The molecule has 0 aliphatic carbocycles. The summed E-state index contributed by atoms with van der Waals surface area (Å²) in [7, 11) is 0. The Bertz CT molecular complexity index is 406. The van der Waals surface area contributed by atoms with Gasteiger partial charge in [-0.2, -0.15) is 11.8 Å². The van der Waals surface area contributed by atoms with E-state index in [0.29, 0.717) is 12.3 Å². The van der Waals surface area contributed by atoms with Crippen LogP contribution in [0.3, 0.4) is 0 Å². The second-order valence-corrected chi connectivity index (χ2v) is 6.95. The summed E-state index contributed by atoms with van der Waals surface area (Å²) in [5.41, 5.74) is 3.93. The summed E-state index contributed by atoms with van der Waals surface area (Å²) < 4.78 is 5.07. The van der Waals surface area contributed by atoms with Crippen LogP contribution in [0.1, 0.15) is 34.6 Å². The number of alkyl carbamates (subject to hydrolysis) is 1. The molecule has 0 aromatic carbocycles. The van der Waals surface area contributed by atoms with Crippen molar-refractivity contribution in [3.8, 4) is 0 Å². The van der Waals surface area contributed by atoms with E-state index in [9.17, 15) is 14.4 Å². The third-order valence-electron chi connectivity index (χ3n) is 2.02. The maximum atomic E-state index is 11.6. The molecular formula is C13H24N2O6S. The highest BCUT2D eigenvalue weighted by Crippen LogP contribution is 2.12. The van der Waals surface area contributed by atoms with Crippen LogP contribution in [0.4, 0.5) is 4.79 Å². The molecule has 0 aromatic rings. The van der Waals surface area contributed by atoms with Gasteiger partial charge in [0, 0.05) is 25.0 Å². The number of carbonyl (C=O) groups excluding carboxylic acids is 3. The molecule has 0 rings (SSSR count). The lowest BCUT2D eigenvalue weighted by Crippen LogP contribution is -2.48. The molecule has 1 amide bonds. The summed E-state index contributed by atoms with van der Waals surface area (Å²) in [5.74, 6) is -0.802. The van der Waals surface area contributed by atoms with Gasteiger partial charge in [0.2, 0.25) is 0 Å². The Morgan fingerprint density at radius 2 is 1.73 bits per heavy atom. The molecule has 0 radical (unpaired) electrons.